The summed E-state index contributed by atoms with van der Waals surface area (Å²) in [5, 5.41) is 16.3. The highest BCUT2D eigenvalue weighted by Gasteiger charge is 2.10. The molecular formula is C26H24Cl2N4S2. The minimum absolute atomic E-state index is 0. The maximum atomic E-state index is 4.87. The van der Waals surface area contributed by atoms with Crippen molar-refractivity contribution in [2.45, 2.75) is 12.8 Å². The van der Waals surface area contributed by atoms with E-state index in [9.17, 15) is 0 Å². The number of thiophene rings is 2. The van der Waals surface area contributed by atoms with Gasteiger partial charge in [-0.25, -0.2) is 9.97 Å². The Morgan fingerprint density at radius 2 is 1.00 bits per heavy atom. The molecule has 6 aromatic rings. The molecule has 2 N–H and O–H groups in total. The lowest BCUT2D eigenvalue weighted by molar-refractivity contribution is 0.793. The van der Waals surface area contributed by atoms with Crippen LogP contribution in [0.15, 0.2) is 71.4 Å². The second-order valence-electron chi connectivity index (χ2n) is 7.84. The zero-order valence-corrected chi connectivity index (χ0v) is 21.6. The van der Waals surface area contributed by atoms with E-state index in [1.54, 1.807) is 22.7 Å². The summed E-state index contributed by atoms with van der Waals surface area (Å²) in [5.74, 6) is 1.98. The molecule has 4 nitrogen and oxygen atoms in total. The Labute approximate surface area is 218 Å². The lowest BCUT2D eigenvalue weighted by Crippen LogP contribution is -2.08. The molecule has 0 saturated carbocycles. The first kappa shape index (κ1) is 24.5. The molecule has 4 heterocycles. The molecule has 0 bridgehead atoms. The Kier molecular flexibility index (Phi) is 7.73. The van der Waals surface area contributed by atoms with Gasteiger partial charge in [-0.05, 0) is 47.9 Å². The van der Waals surface area contributed by atoms with Gasteiger partial charge in [-0.15, -0.1) is 47.5 Å². The van der Waals surface area contributed by atoms with Gasteiger partial charge in [-0.1, -0.05) is 36.4 Å². The number of hydrogen-bond acceptors (Lipinski definition) is 6. The number of unbranched alkanes of at least 4 members (excludes halogenated alkanes) is 1. The van der Waals surface area contributed by atoms with Crippen molar-refractivity contribution in [1.82, 2.24) is 9.97 Å². The standard InChI is InChI=1S/C26H22N4S2.2ClH/c1-3-9-21-17(7-1)23-19(11-15-31-23)25(29-21)27-13-5-6-14-28-26-20-12-16-32-24(20)18-8-2-4-10-22(18)30-26;;/h1-4,7-12,15-16H,5-6,13-14H2,(H,27,29)(H,28,30);2*1H. The summed E-state index contributed by atoms with van der Waals surface area (Å²) in [6, 6.07) is 21.1. The van der Waals surface area contributed by atoms with E-state index in [0.29, 0.717) is 0 Å². The third-order valence-electron chi connectivity index (χ3n) is 5.79. The van der Waals surface area contributed by atoms with Gasteiger partial charge in [0.05, 0.1) is 11.0 Å². The zero-order chi connectivity index (χ0) is 21.3. The first-order valence-electron chi connectivity index (χ1n) is 10.9. The number of nitrogens with zero attached hydrogens (tertiary/aromatic N) is 2. The van der Waals surface area contributed by atoms with Crippen LogP contribution in [0.1, 0.15) is 12.8 Å². The van der Waals surface area contributed by atoms with Crippen molar-refractivity contribution in [3.8, 4) is 0 Å². The fraction of sp³-hybridized carbons (Fsp3) is 0.154. The zero-order valence-electron chi connectivity index (χ0n) is 18.3. The molecule has 0 radical (unpaired) electrons. The minimum Gasteiger partial charge on any atom is -0.370 e. The summed E-state index contributed by atoms with van der Waals surface area (Å²) in [6.07, 6.45) is 2.13. The number of halogens is 2. The Morgan fingerprint density at radius 1 is 0.559 bits per heavy atom. The summed E-state index contributed by atoms with van der Waals surface area (Å²) >= 11 is 3.56. The fourth-order valence-corrected chi connectivity index (χ4v) is 6.09. The molecule has 0 aliphatic rings. The third kappa shape index (κ3) is 4.51. The van der Waals surface area contributed by atoms with E-state index in [1.165, 1.54) is 30.9 Å². The maximum absolute atomic E-state index is 4.87. The lowest BCUT2D eigenvalue weighted by atomic mass is 10.1. The van der Waals surface area contributed by atoms with Crippen LogP contribution in [0.3, 0.4) is 0 Å². The number of pyridine rings is 2. The van der Waals surface area contributed by atoms with E-state index in [4.69, 9.17) is 9.97 Å². The minimum atomic E-state index is 0. The predicted octanol–water partition coefficient (Wildman–Crippen LogP) is 8.36. The van der Waals surface area contributed by atoms with E-state index < -0.39 is 0 Å². The molecule has 174 valence electrons. The second-order valence-corrected chi connectivity index (χ2v) is 9.67. The molecule has 0 atom stereocenters. The van der Waals surface area contributed by atoms with Crippen LogP contribution in [0.4, 0.5) is 11.6 Å². The molecule has 2 aromatic carbocycles. The van der Waals surface area contributed by atoms with Crippen molar-refractivity contribution in [2.75, 3.05) is 23.7 Å². The van der Waals surface area contributed by atoms with E-state index >= 15 is 0 Å². The van der Waals surface area contributed by atoms with Crippen LogP contribution in [-0.4, -0.2) is 23.1 Å². The Hall–Kier alpha value is -2.64. The van der Waals surface area contributed by atoms with E-state index in [0.717, 1.165) is 48.6 Å². The van der Waals surface area contributed by atoms with Crippen LogP contribution in [-0.2, 0) is 0 Å². The predicted molar refractivity (Wildman–Crippen MR) is 155 cm³/mol. The molecule has 4 aromatic heterocycles. The van der Waals surface area contributed by atoms with Crippen molar-refractivity contribution in [2.24, 2.45) is 0 Å². The van der Waals surface area contributed by atoms with Crippen molar-refractivity contribution in [1.29, 1.82) is 0 Å². The van der Waals surface area contributed by atoms with Gasteiger partial charge < -0.3 is 10.6 Å². The van der Waals surface area contributed by atoms with Crippen LogP contribution in [0.2, 0.25) is 0 Å². The van der Waals surface area contributed by atoms with Crippen LogP contribution in [0.25, 0.3) is 42.0 Å². The highest BCUT2D eigenvalue weighted by molar-refractivity contribution is 7.18. The Balaban J connectivity index is 0.00000137. The average Bonchev–Trinajstić information content (AvgIpc) is 3.52. The van der Waals surface area contributed by atoms with Crippen molar-refractivity contribution in [3.05, 3.63) is 71.4 Å². The van der Waals surface area contributed by atoms with Gasteiger partial charge in [0.1, 0.15) is 11.6 Å². The van der Waals surface area contributed by atoms with Gasteiger partial charge in [0, 0.05) is 44.0 Å². The molecule has 0 spiro atoms. The molecule has 0 aliphatic heterocycles. The SMILES string of the molecule is Cl.Cl.c1ccc2c(c1)nc(NCCCCNc1nc3ccccc3c3sccc13)c1ccsc12. The Morgan fingerprint density at radius 3 is 1.47 bits per heavy atom. The van der Waals surface area contributed by atoms with Crippen LogP contribution in [0, 0.1) is 0 Å². The summed E-state index contributed by atoms with van der Waals surface area (Å²) in [6.45, 7) is 1.80. The topological polar surface area (TPSA) is 49.8 Å². The molecular weight excluding hydrogens is 503 g/mol. The maximum Gasteiger partial charge on any atom is 0.135 e. The summed E-state index contributed by atoms with van der Waals surface area (Å²) in [4.78, 5) is 9.74. The van der Waals surface area contributed by atoms with Crippen molar-refractivity contribution in [3.63, 3.8) is 0 Å². The summed E-state index contributed by atoms with van der Waals surface area (Å²) < 4.78 is 2.61. The van der Waals surface area contributed by atoms with Crippen LogP contribution >= 0.6 is 47.5 Å². The quantitative estimate of drug-likeness (QED) is 0.205. The molecule has 0 amide bonds. The highest BCUT2D eigenvalue weighted by atomic mass is 35.5. The number of hydrogen-bond donors (Lipinski definition) is 2. The monoisotopic (exact) mass is 526 g/mol. The lowest BCUT2D eigenvalue weighted by Gasteiger charge is -2.11. The van der Waals surface area contributed by atoms with E-state index in [-0.39, 0.29) is 24.8 Å². The van der Waals surface area contributed by atoms with Gasteiger partial charge in [0.15, 0.2) is 0 Å². The van der Waals surface area contributed by atoms with Crippen molar-refractivity contribution < 1.29 is 0 Å². The number of fused-ring (bicyclic) bond motifs is 6. The number of aromatic nitrogens is 2. The van der Waals surface area contributed by atoms with E-state index in [2.05, 4.69) is 82.1 Å². The normalized spacial score (nSPS) is 10.9. The molecule has 6 rings (SSSR count). The largest absolute Gasteiger partial charge is 0.370 e. The average molecular weight is 528 g/mol. The molecule has 34 heavy (non-hydrogen) atoms. The van der Waals surface area contributed by atoms with E-state index in [1.807, 2.05) is 0 Å². The number of anilines is 2. The Bertz CT molecular complexity index is 1440. The van der Waals surface area contributed by atoms with Gasteiger partial charge >= 0.3 is 0 Å². The first-order chi connectivity index (χ1) is 15.9. The van der Waals surface area contributed by atoms with Gasteiger partial charge in [0.2, 0.25) is 0 Å². The first-order valence-corrected chi connectivity index (χ1v) is 12.6. The van der Waals surface area contributed by atoms with Crippen LogP contribution < -0.4 is 10.6 Å². The number of para-hydroxylation sites is 2. The molecule has 0 saturated heterocycles. The number of benzene rings is 2. The van der Waals surface area contributed by atoms with Crippen LogP contribution in [0.5, 0.6) is 0 Å². The molecule has 0 aliphatic carbocycles. The van der Waals surface area contributed by atoms with Gasteiger partial charge in [-0.3, -0.25) is 0 Å². The molecule has 0 unspecified atom stereocenters. The smallest absolute Gasteiger partial charge is 0.135 e. The van der Waals surface area contributed by atoms with Crippen molar-refractivity contribution >= 4 is 101 Å². The highest BCUT2D eigenvalue weighted by Crippen LogP contribution is 2.34. The number of nitrogens with one attached hydrogen (secondary N) is 2. The molecule has 0 fully saturated rings. The third-order valence-corrected chi connectivity index (χ3v) is 7.69. The van der Waals surface area contributed by atoms with Gasteiger partial charge in [0.25, 0.3) is 0 Å². The number of rotatable bonds is 7. The van der Waals surface area contributed by atoms with Gasteiger partial charge in [-0.2, -0.15) is 0 Å². The molecule has 8 heteroatoms. The fourth-order valence-electron chi connectivity index (χ4n) is 4.23. The second kappa shape index (κ2) is 10.7. The summed E-state index contributed by atoms with van der Waals surface area (Å²) in [7, 11) is 0. The summed E-state index contributed by atoms with van der Waals surface area (Å²) in [5.41, 5.74) is 2.10.